The van der Waals surface area contributed by atoms with Crippen molar-refractivity contribution in [2.75, 3.05) is 0 Å². The predicted octanol–water partition coefficient (Wildman–Crippen LogP) is 3.15. The van der Waals surface area contributed by atoms with Crippen LogP contribution < -0.4 is 4.74 Å². The average molecular weight is 343 g/mol. The highest BCUT2D eigenvalue weighted by Gasteiger charge is 2.52. The Morgan fingerprint density at radius 3 is 2.58 bits per heavy atom. The Morgan fingerprint density at radius 1 is 1.42 bits per heavy atom. The van der Waals surface area contributed by atoms with E-state index in [1.165, 1.54) is 6.07 Å². The quantitative estimate of drug-likeness (QED) is 0.797. The van der Waals surface area contributed by atoms with Crippen LogP contribution in [0.5, 0.6) is 5.75 Å². The molecule has 0 aliphatic carbocycles. The summed E-state index contributed by atoms with van der Waals surface area (Å²) in [6.07, 6.45) is -7.86. The van der Waals surface area contributed by atoms with Gasteiger partial charge in [-0.3, -0.25) is 4.79 Å². The van der Waals surface area contributed by atoms with Crippen molar-refractivity contribution in [2.45, 2.75) is 18.7 Å². The third kappa shape index (κ3) is 2.68. The molecule has 104 valence electrons. The Morgan fingerprint density at radius 2 is 2.05 bits per heavy atom. The van der Waals surface area contributed by atoms with Crippen LogP contribution in [0.15, 0.2) is 16.6 Å². The van der Waals surface area contributed by atoms with Gasteiger partial charge in [-0.25, -0.2) is 4.39 Å². The van der Waals surface area contributed by atoms with E-state index in [0.29, 0.717) is 4.47 Å². The number of rotatable bonds is 1. The number of carboxylic acids is 1. The highest BCUT2D eigenvalue weighted by molar-refractivity contribution is 9.10. The van der Waals surface area contributed by atoms with Crippen LogP contribution in [0, 0.1) is 11.7 Å². The molecule has 0 bridgehead atoms. The van der Waals surface area contributed by atoms with E-state index < -0.39 is 42.2 Å². The molecule has 1 aliphatic rings. The minimum Gasteiger partial charge on any atom is -0.481 e. The van der Waals surface area contributed by atoms with E-state index in [-0.39, 0.29) is 5.56 Å². The van der Waals surface area contributed by atoms with E-state index in [2.05, 4.69) is 20.7 Å². The van der Waals surface area contributed by atoms with Crippen molar-refractivity contribution >= 4 is 21.9 Å². The lowest BCUT2D eigenvalue weighted by molar-refractivity contribution is -0.218. The first kappa shape index (κ1) is 14.1. The number of carbonyl (C=O) groups is 1. The largest absolute Gasteiger partial charge is 0.481 e. The molecule has 1 heterocycles. The van der Waals surface area contributed by atoms with Gasteiger partial charge in [-0.1, -0.05) is 15.9 Å². The number of aliphatic carboxylic acids is 1. The maximum Gasteiger partial charge on any atom is 0.426 e. The van der Waals surface area contributed by atoms with E-state index in [9.17, 15) is 22.4 Å². The first-order valence-electron chi connectivity index (χ1n) is 5.14. The molecule has 0 aromatic heterocycles. The summed E-state index contributed by atoms with van der Waals surface area (Å²) in [5, 5.41) is 8.85. The first-order chi connectivity index (χ1) is 8.70. The summed E-state index contributed by atoms with van der Waals surface area (Å²) in [5.41, 5.74) is 0.0970. The molecule has 19 heavy (non-hydrogen) atoms. The number of halogens is 5. The summed E-state index contributed by atoms with van der Waals surface area (Å²) in [5.74, 6) is -4.92. The number of benzene rings is 1. The predicted molar refractivity (Wildman–Crippen MR) is 59.4 cm³/mol. The molecule has 0 fully saturated rings. The number of fused-ring (bicyclic) bond motifs is 1. The average Bonchev–Trinajstić information content (AvgIpc) is 2.25. The van der Waals surface area contributed by atoms with Gasteiger partial charge in [0.2, 0.25) is 6.10 Å². The van der Waals surface area contributed by atoms with Gasteiger partial charge in [0.25, 0.3) is 0 Å². The van der Waals surface area contributed by atoms with Crippen LogP contribution in [0.2, 0.25) is 0 Å². The second-order valence-corrected chi connectivity index (χ2v) is 5.02. The molecule has 2 atom stereocenters. The second kappa shape index (κ2) is 4.66. The number of hydrogen-bond acceptors (Lipinski definition) is 2. The van der Waals surface area contributed by atoms with Crippen molar-refractivity contribution in [1.29, 1.82) is 0 Å². The standard InChI is InChI=1S/C11H7BrF4O3/c12-5-1-4-2-6(10(17)18)9(11(14,15)16)19-8(4)7(13)3-5/h1,3,6,9H,2H2,(H,17,18)/t6-,9+/m1/s1. The molecule has 8 heteroatoms. The highest BCUT2D eigenvalue weighted by atomic mass is 79.9. The van der Waals surface area contributed by atoms with Gasteiger partial charge >= 0.3 is 12.1 Å². The van der Waals surface area contributed by atoms with Crippen molar-refractivity contribution in [1.82, 2.24) is 0 Å². The molecule has 1 aliphatic heterocycles. The number of carboxylic acid groups (broad SMARTS) is 1. The van der Waals surface area contributed by atoms with Gasteiger partial charge in [0.15, 0.2) is 11.6 Å². The number of hydrogen-bond donors (Lipinski definition) is 1. The van der Waals surface area contributed by atoms with Gasteiger partial charge in [-0.15, -0.1) is 0 Å². The van der Waals surface area contributed by atoms with Crippen LogP contribution >= 0.6 is 15.9 Å². The Bertz CT molecular complexity index is 529. The Balaban J connectivity index is 2.48. The molecule has 2 rings (SSSR count). The lowest BCUT2D eigenvalue weighted by atomic mass is 9.90. The van der Waals surface area contributed by atoms with E-state index in [4.69, 9.17) is 5.11 Å². The lowest BCUT2D eigenvalue weighted by Crippen LogP contribution is -2.47. The minimum atomic E-state index is -4.87. The van der Waals surface area contributed by atoms with Gasteiger partial charge in [0.1, 0.15) is 5.92 Å². The van der Waals surface area contributed by atoms with E-state index in [0.717, 1.165) is 6.07 Å². The van der Waals surface area contributed by atoms with Gasteiger partial charge in [0, 0.05) is 4.47 Å². The monoisotopic (exact) mass is 342 g/mol. The highest BCUT2D eigenvalue weighted by Crippen LogP contribution is 2.40. The van der Waals surface area contributed by atoms with Crippen molar-refractivity contribution in [3.05, 3.63) is 28.0 Å². The van der Waals surface area contributed by atoms with Crippen molar-refractivity contribution in [3.63, 3.8) is 0 Å². The SMILES string of the molecule is O=C(O)[C@@H]1Cc2cc(Br)cc(F)c2O[C@@H]1C(F)(F)F. The summed E-state index contributed by atoms with van der Waals surface area (Å²) in [6, 6.07) is 2.31. The summed E-state index contributed by atoms with van der Waals surface area (Å²) in [6.45, 7) is 0. The molecular formula is C11H7BrF4O3. The zero-order valence-corrected chi connectivity index (χ0v) is 10.8. The summed E-state index contributed by atoms with van der Waals surface area (Å²) >= 11 is 2.99. The Kier molecular flexibility index (Phi) is 3.46. The molecule has 0 saturated heterocycles. The van der Waals surface area contributed by atoms with Gasteiger partial charge in [-0.2, -0.15) is 13.2 Å². The normalized spacial score (nSPS) is 22.6. The van der Waals surface area contributed by atoms with E-state index in [1.54, 1.807) is 0 Å². The van der Waals surface area contributed by atoms with Crippen LogP contribution in [0.25, 0.3) is 0 Å². The molecule has 1 aromatic rings. The van der Waals surface area contributed by atoms with Crippen LogP contribution in [0.3, 0.4) is 0 Å². The topological polar surface area (TPSA) is 46.5 Å². The fourth-order valence-corrected chi connectivity index (χ4v) is 2.44. The third-order valence-electron chi connectivity index (χ3n) is 2.78. The lowest BCUT2D eigenvalue weighted by Gasteiger charge is -2.32. The summed E-state index contributed by atoms with van der Waals surface area (Å²) in [4.78, 5) is 10.9. The molecule has 0 saturated carbocycles. The smallest absolute Gasteiger partial charge is 0.426 e. The fraction of sp³-hybridized carbons (Fsp3) is 0.364. The Labute approximate surface area is 113 Å². The van der Waals surface area contributed by atoms with Gasteiger partial charge < -0.3 is 9.84 Å². The maximum absolute atomic E-state index is 13.6. The van der Waals surface area contributed by atoms with Crippen molar-refractivity contribution in [2.24, 2.45) is 5.92 Å². The molecule has 0 unspecified atom stereocenters. The van der Waals surface area contributed by atoms with Crippen LogP contribution in [-0.2, 0) is 11.2 Å². The minimum absolute atomic E-state index is 0.0970. The van der Waals surface area contributed by atoms with Crippen LogP contribution in [0.1, 0.15) is 5.56 Å². The first-order valence-corrected chi connectivity index (χ1v) is 5.93. The second-order valence-electron chi connectivity index (χ2n) is 4.10. The van der Waals surface area contributed by atoms with Crippen LogP contribution in [0.4, 0.5) is 17.6 Å². The van der Waals surface area contributed by atoms with E-state index >= 15 is 0 Å². The number of alkyl halides is 3. The third-order valence-corrected chi connectivity index (χ3v) is 3.23. The molecule has 1 N–H and O–H groups in total. The number of ether oxygens (including phenoxy) is 1. The maximum atomic E-state index is 13.6. The van der Waals surface area contributed by atoms with Crippen molar-refractivity contribution < 1.29 is 32.2 Å². The zero-order chi connectivity index (χ0) is 14.4. The van der Waals surface area contributed by atoms with Crippen LogP contribution in [-0.4, -0.2) is 23.4 Å². The van der Waals surface area contributed by atoms with Gasteiger partial charge in [0.05, 0.1) is 0 Å². The zero-order valence-electron chi connectivity index (χ0n) is 9.17. The van der Waals surface area contributed by atoms with Crippen molar-refractivity contribution in [3.8, 4) is 5.75 Å². The molecule has 0 radical (unpaired) electrons. The Hall–Kier alpha value is -1.31. The molecule has 0 amide bonds. The summed E-state index contributed by atoms with van der Waals surface area (Å²) in [7, 11) is 0. The molecule has 3 nitrogen and oxygen atoms in total. The molecular weight excluding hydrogens is 336 g/mol. The van der Waals surface area contributed by atoms with E-state index in [1.807, 2.05) is 0 Å². The fourth-order valence-electron chi connectivity index (χ4n) is 1.96. The summed E-state index contributed by atoms with van der Waals surface area (Å²) < 4.78 is 56.6. The molecule has 0 spiro atoms. The molecule has 1 aromatic carbocycles. The van der Waals surface area contributed by atoms with Gasteiger partial charge in [-0.05, 0) is 24.1 Å².